The Morgan fingerprint density at radius 3 is 2.00 bits per heavy atom. The normalized spacial score (nSPS) is 11.6. The van der Waals surface area contributed by atoms with Crippen molar-refractivity contribution in [2.24, 2.45) is 5.92 Å². The molecule has 0 spiro atoms. The zero-order chi connectivity index (χ0) is 17.2. The van der Waals surface area contributed by atoms with Crippen LogP contribution in [0.3, 0.4) is 0 Å². The highest BCUT2D eigenvalue weighted by Crippen LogP contribution is 2.09. The monoisotopic (exact) mass is 336 g/mol. The minimum absolute atomic E-state index is 0.0102. The van der Waals surface area contributed by atoms with Gasteiger partial charge >= 0.3 is 0 Å². The Bertz CT molecular complexity index is 543. The molecule has 2 amide bonds. The average molecular weight is 336 g/mol. The number of benzene rings is 1. The molecule has 1 aromatic carbocycles. The zero-order valence-corrected chi connectivity index (χ0v) is 14.7. The molecular weight excluding hydrogens is 312 g/mol. The molecule has 0 heterocycles. The van der Waals surface area contributed by atoms with Crippen molar-refractivity contribution in [1.82, 2.24) is 10.6 Å². The van der Waals surface area contributed by atoms with Crippen molar-refractivity contribution in [2.45, 2.75) is 33.9 Å². The van der Waals surface area contributed by atoms with Gasteiger partial charge < -0.3 is 10.6 Å². The topological polar surface area (TPSA) is 75.3 Å². The van der Waals surface area contributed by atoms with Crippen LogP contribution in [0.5, 0.6) is 0 Å². The Hall–Kier alpha value is -1.82. The number of thioether (sulfide) groups is 1. The molecule has 0 fully saturated rings. The van der Waals surface area contributed by atoms with Crippen molar-refractivity contribution in [2.75, 3.05) is 11.5 Å². The standard InChI is InChI=1S/C17H24N2O3S/c1-12(13(2)20)10-23-11-17(22)19-9-16-6-4-15(5-7-16)8-18-14(3)21/h4-7,12H,8-11H2,1-3H3,(H,18,21)(H,19,22)/t12-/m1/s1. The maximum atomic E-state index is 11.7. The number of amides is 2. The molecule has 1 rings (SSSR count). The number of carbonyl (C=O) groups excluding carboxylic acids is 3. The van der Waals surface area contributed by atoms with Crippen molar-refractivity contribution in [3.63, 3.8) is 0 Å². The maximum Gasteiger partial charge on any atom is 0.230 e. The third-order valence-corrected chi connectivity index (χ3v) is 4.55. The first-order valence-corrected chi connectivity index (χ1v) is 8.71. The molecule has 1 aromatic rings. The quantitative estimate of drug-likeness (QED) is 0.722. The highest BCUT2D eigenvalue weighted by molar-refractivity contribution is 7.99. The average Bonchev–Trinajstić information content (AvgIpc) is 2.51. The first-order valence-electron chi connectivity index (χ1n) is 7.55. The van der Waals surface area contributed by atoms with Crippen LogP contribution in [-0.2, 0) is 27.5 Å². The van der Waals surface area contributed by atoms with E-state index < -0.39 is 0 Å². The molecule has 5 nitrogen and oxygen atoms in total. The Kier molecular flexibility index (Phi) is 8.40. The Balaban J connectivity index is 2.27. The van der Waals surface area contributed by atoms with Crippen LogP contribution in [0.25, 0.3) is 0 Å². The Morgan fingerprint density at radius 1 is 1.00 bits per heavy atom. The van der Waals surface area contributed by atoms with Crippen molar-refractivity contribution in [3.05, 3.63) is 35.4 Å². The van der Waals surface area contributed by atoms with Crippen molar-refractivity contribution in [1.29, 1.82) is 0 Å². The van der Waals surface area contributed by atoms with Gasteiger partial charge in [-0.2, -0.15) is 11.8 Å². The summed E-state index contributed by atoms with van der Waals surface area (Å²) in [4.78, 5) is 33.7. The van der Waals surface area contributed by atoms with Gasteiger partial charge in [-0.1, -0.05) is 31.2 Å². The summed E-state index contributed by atoms with van der Waals surface area (Å²) in [6.07, 6.45) is 0. The van der Waals surface area contributed by atoms with E-state index in [1.165, 1.54) is 18.7 Å². The van der Waals surface area contributed by atoms with Crippen LogP contribution in [0.1, 0.15) is 31.9 Å². The molecule has 0 aromatic heterocycles. The van der Waals surface area contributed by atoms with Crippen LogP contribution >= 0.6 is 11.8 Å². The van der Waals surface area contributed by atoms with Crippen molar-refractivity contribution in [3.8, 4) is 0 Å². The predicted octanol–water partition coefficient (Wildman–Crippen LogP) is 1.90. The Labute approximate surface area is 141 Å². The minimum Gasteiger partial charge on any atom is -0.352 e. The number of hydrogen-bond acceptors (Lipinski definition) is 4. The molecule has 0 unspecified atom stereocenters. The van der Waals surface area contributed by atoms with E-state index in [4.69, 9.17) is 0 Å². The summed E-state index contributed by atoms with van der Waals surface area (Å²) in [5.74, 6) is 1.07. The van der Waals surface area contributed by atoms with E-state index >= 15 is 0 Å². The third kappa shape index (κ3) is 8.40. The first-order chi connectivity index (χ1) is 10.9. The summed E-state index contributed by atoms with van der Waals surface area (Å²) in [6, 6.07) is 7.73. The van der Waals surface area contributed by atoms with E-state index in [-0.39, 0.29) is 23.5 Å². The second-order valence-electron chi connectivity index (χ2n) is 5.53. The molecule has 1 atom stereocenters. The predicted molar refractivity (Wildman–Crippen MR) is 93.0 cm³/mol. The maximum absolute atomic E-state index is 11.7. The second-order valence-corrected chi connectivity index (χ2v) is 6.56. The van der Waals surface area contributed by atoms with Gasteiger partial charge in [0, 0.05) is 31.7 Å². The van der Waals surface area contributed by atoms with Gasteiger partial charge in [-0.3, -0.25) is 14.4 Å². The molecule has 0 aliphatic carbocycles. The molecule has 0 saturated carbocycles. The van der Waals surface area contributed by atoms with Gasteiger partial charge in [-0.05, 0) is 18.1 Å². The fraction of sp³-hybridized carbons (Fsp3) is 0.471. The Morgan fingerprint density at radius 2 is 1.52 bits per heavy atom. The number of rotatable bonds is 9. The fourth-order valence-electron chi connectivity index (χ4n) is 1.70. The fourth-order valence-corrected chi connectivity index (χ4v) is 2.69. The lowest BCUT2D eigenvalue weighted by Gasteiger charge is -2.08. The van der Waals surface area contributed by atoms with Gasteiger partial charge in [-0.25, -0.2) is 0 Å². The third-order valence-electron chi connectivity index (χ3n) is 3.35. The van der Waals surface area contributed by atoms with Gasteiger partial charge in [0.25, 0.3) is 0 Å². The van der Waals surface area contributed by atoms with E-state index in [2.05, 4.69) is 10.6 Å². The van der Waals surface area contributed by atoms with Gasteiger partial charge in [0.15, 0.2) is 0 Å². The van der Waals surface area contributed by atoms with Crippen molar-refractivity contribution < 1.29 is 14.4 Å². The lowest BCUT2D eigenvalue weighted by Crippen LogP contribution is -2.25. The number of hydrogen-bond donors (Lipinski definition) is 2. The lowest BCUT2D eigenvalue weighted by molar-refractivity contribution is -0.120. The molecule has 0 radical (unpaired) electrons. The van der Waals surface area contributed by atoms with Crippen LogP contribution in [0.4, 0.5) is 0 Å². The SMILES string of the molecule is CC(=O)NCc1ccc(CNC(=O)CSC[C@@H](C)C(C)=O)cc1. The summed E-state index contributed by atoms with van der Waals surface area (Å²) >= 11 is 1.47. The number of ketones is 1. The molecule has 0 aliphatic heterocycles. The molecular formula is C17H24N2O3S. The van der Waals surface area contributed by atoms with E-state index in [1.54, 1.807) is 6.92 Å². The first kappa shape index (κ1) is 19.2. The van der Waals surface area contributed by atoms with Gasteiger partial charge in [-0.15, -0.1) is 0 Å². The number of Topliss-reactive ketones (excluding diaryl/α,β-unsaturated/α-hetero) is 1. The van der Waals surface area contributed by atoms with Crippen LogP contribution in [0.15, 0.2) is 24.3 Å². The van der Waals surface area contributed by atoms with Crippen LogP contribution in [-0.4, -0.2) is 29.1 Å². The van der Waals surface area contributed by atoms with E-state index in [9.17, 15) is 14.4 Å². The van der Waals surface area contributed by atoms with E-state index in [0.717, 1.165) is 11.1 Å². The summed E-state index contributed by atoms with van der Waals surface area (Å²) < 4.78 is 0. The number of nitrogens with one attached hydrogen (secondary N) is 2. The molecule has 0 aliphatic rings. The van der Waals surface area contributed by atoms with E-state index in [1.807, 2.05) is 31.2 Å². The molecule has 23 heavy (non-hydrogen) atoms. The molecule has 0 saturated heterocycles. The summed E-state index contributed by atoms with van der Waals surface area (Å²) in [5, 5.41) is 5.59. The summed E-state index contributed by atoms with van der Waals surface area (Å²) in [6.45, 7) is 5.91. The zero-order valence-electron chi connectivity index (χ0n) is 13.8. The second kappa shape index (κ2) is 10.0. The van der Waals surface area contributed by atoms with Crippen LogP contribution < -0.4 is 10.6 Å². The molecule has 126 valence electrons. The van der Waals surface area contributed by atoms with Gasteiger partial charge in [0.2, 0.25) is 11.8 Å². The number of carbonyl (C=O) groups is 3. The van der Waals surface area contributed by atoms with Crippen molar-refractivity contribution >= 4 is 29.4 Å². The highest BCUT2D eigenvalue weighted by Gasteiger charge is 2.09. The lowest BCUT2D eigenvalue weighted by atomic mass is 10.1. The van der Waals surface area contributed by atoms with Crippen LogP contribution in [0, 0.1) is 5.92 Å². The van der Waals surface area contributed by atoms with Crippen LogP contribution in [0.2, 0.25) is 0 Å². The molecule has 6 heteroatoms. The summed E-state index contributed by atoms with van der Waals surface area (Å²) in [7, 11) is 0. The highest BCUT2D eigenvalue weighted by atomic mass is 32.2. The van der Waals surface area contributed by atoms with Gasteiger partial charge in [0.1, 0.15) is 5.78 Å². The van der Waals surface area contributed by atoms with E-state index in [0.29, 0.717) is 24.6 Å². The molecule has 0 bridgehead atoms. The molecule has 2 N–H and O–H groups in total. The minimum atomic E-state index is -0.0575. The largest absolute Gasteiger partial charge is 0.352 e. The van der Waals surface area contributed by atoms with Gasteiger partial charge in [0.05, 0.1) is 5.75 Å². The summed E-state index contributed by atoms with van der Waals surface area (Å²) in [5.41, 5.74) is 2.02. The smallest absolute Gasteiger partial charge is 0.230 e.